The maximum atomic E-state index is 7.44. The molecule has 0 aromatic rings. The summed E-state index contributed by atoms with van der Waals surface area (Å²) in [6.45, 7) is 4.54. The summed E-state index contributed by atoms with van der Waals surface area (Å²) in [6, 6.07) is 1.58. The van der Waals surface area contributed by atoms with E-state index in [9.17, 15) is 0 Å². The van der Waals surface area contributed by atoms with Crippen molar-refractivity contribution in [2.24, 2.45) is 0 Å². The summed E-state index contributed by atoms with van der Waals surface area (Å²) < 4.78 is 0. The Balaban J connectivity index is 0. The molecule has 0 aromatic heterocycles. The molecule has 1 nitrogen and oxygen atoms in total. The van der Waals surface area contributed by atoms with E-state index in [1.54, 1.807) is 6.07 Å². The van der Waals surface area contributed by atoms with Crippen molar-refractivity contribution in [1.29, 1.82) is 5.26 Å². The molecule has 0 saturated heterocycles. The Morgan fingerprint density at radius 1 is 1.80 bits per heavy atom. The van der Waals surface area contributed by atoms with E-state index in [1.165, 1.54) is 0 Å². The second-order valence-corrected chi connectivity index (χ2v) is 0.296. The van der Waals surface area contributed by atoms with Crippen molar-refractivity contribution >= 4 is 0 Å². The quantitative estimate of drug-likeness (QED) is 0.282. The van der Waals surface area contributed by atoms with Crippen LogP contribution in [0.15, 0.2) is 6.08 Å². The van der Waals surface area contributed by atoms with Crippen LogP contribution in [0, 0.1) is 17.9 Å². The van der Waals surface area contributed by atoms with Crippen molar-refractivity contribution in [3.63, 3.8) is 0 Å². The van der Waals surface area contributed by atoms with Crippen molar-refractivity contribution in [2.45, 2.75) is 0 Å². The van der Waals surface area contributed by atoms with Gasteiger partial charge in [0.15, 0.2) is 0 Å². The molecule has 0 unspecified atom stereocenters. The van der Waals surface area contributed by atoms with Gasteiger partial charge in [-0.2, -0.15) is 6.08 Å². The van der Waals surface area contributed by atoms with E-state index in [4.69, 9.17) is 5.26 Å². The molecule has 0 fully saturated rings. The van der Waals surface area contributed by atoms with E-state index in [0.717, 1.165) is 6.08 Å². The smallest absolute Gasteiger partial charge is 0.329 e. The molecule has 0 N–H and O–H groups in total. The van der Waals surface area contributed by atoms with E-state index in [-0.39, 0.29) is 19.5 Å². The molecule has 27 valence electrons. The minimum atomic E-state index is 0. The zero-order valence-corrected chi connectivity index (χ0v) is 4.19. The Bertz CT molecular complexity index is 52.4. The zero-order valence-electron chi connectivity index (χ0n) is 2.46. The van der Waals surface area contributed by atoms with Crippen LogP contribution in [0.1, 0.15) is 0 Å². The Morgan fingerprint density at radius 2 is 2.00 bits per heavy atom. The molecular formula is C3H2NRu. The predicted octanol–water partition coefficient (Wildman–Crippen LogP) is 0.497. The number of nitriles is 1. The van der Waals surface area contributed by atoms with Crippen LogP contribution in [0.25, 0.3) is 0 Å². The molecule has 0 heterocycles. The molecule has 0 aromatic carbocycles. The summed E-state index contributed by atoms with van der Waals surface area (Å²) in [7, 11) is 0. The van der Waals surface area contributed by atoms with Gasteiger partial charge in [0.25, 0.3) is 0 Å². The Hall–Kier alpha value is -0.147. The van der Waals surface area contributed by atoms with E-state index < -0.39 is 0 Å². The SMILES string of the molecule is [CH-]=CC#N.[Ru+]. The largest absolute Gasteiger partial charge is 1.00 e. The first-order valence-corrected chi connectivity index (χ1v) is 0.846. The molecule has 0 saturated carbocycles. The van der Waals surface area contributed by atoms with E-state index in [1.807, 2.05) is 0 Å². The van der Waals surface area contributed by atoms with E-state index in [2.05, 4.69) is 6.58 Å². The molecule has 0 aliphatic rings. The van der Waals surface area contributed by atoms with Gasteiger partial charge in [-0.25, -0.2) is 0 Å². The second kappa shape index (κ2) is 9.13. The predicted molar refractivity (Wildman–Crippen MR) is 14.5 cm³/mol. The molecule has 0 aliphatic carbocycles. The summed E-state index contributed by atoms with van der Waals surface area (Å²) in [6.07, 6.45) is 0.931. The van der Waals surface area contributed by atoms with Gasteiger partial charge in [-0.15, -0.1) is 6.07 Å². The molecule has 0 atom stereocenters. The van der Waals surface area contributed by atoms with Crippen LogP contribution in [0.3, 0.4) is 0 Å². The van der Waals surface area contributed by atoms with Crippen molar-refractivity contribution in [3.05, 3.63) is 12.7 Å². The Kier molecular flexibility index (Phi) is 16.2. The zero-order chi connectivity index (χ0) is 3.41. The molecular weight excluding hydrogens is 151 g/mol. The number of hydrogen-bond donors (Lipinski definition) is 0. The van der Waals surface area contributed by atoms with Crippen LogP contribution < -0.4 is 0 Å². The Labute approximate surface area is 44.1 Å². The molecule has 0 spiro atoms. The summed E-state index contributed by atoms with van der Waals surface area (Å²) in [5.41, 5.74) is 0. The van der Waals surface area contributed by atoms with Gasteiger partial charge in [0.1, 0.15) is 0 Å². The van der Waals surface area contributed by atoms with E-state index in [0.29, 0.717) is 0 Å². The minimum Gasteiger partial charge on any atom is -0.329 e. The first-order chi connectivity index (χ1) is 1.91. The van der Waals surface area contributed by atoms with Gasteiger partial charge in [0.05, 0.1) is 0 Å². The summed E-state index contributed by atoms with van der Waals surface area (Å²) in [5.74, 6) is 0. The van der Waals surface area contributed by atoms with E-state index >= 15 is 0 Å². The third-order valence-electron chi connectivity index (χ3n) is 0.0745. The standard InChI is InChI=1S/C3H2N.Ru/c1-2-3-4;/h1-2H;/q-1;+1. The summed E-state index contributed by atoms with van der Waals surface area (Å²) in [5, 5.41) is 7.44. The van der Waals surface area contributed by atoms with Crippen LogP contribution in [0.2, 0.25) is 0 Å². The molecule has 2 heteroatoms. The maximum Gasteiger partial charge on any atom is 1.00 e. The van der Waals surface area contributed by atoms with Gasteiger partial charge in [-0.05, 0) is 0 Å². The van der Waals surface area contributed by atoms with Crippen LogP contribution >= 0.6 is 0 Å². The number of nitrogens with zero attached hydrogens (tertiary/aromatic N) is 1. The average Bonchev–Trinajstić information content (AvgIpc) is 1.37. The van der Waals surface area contributed by atoms with Gasteiger partial charge >= 0.3 is 19.5 Å². The van der Waals surface area contributed by atoms with Crippen molar-refractivity contribution in [1.82, 2.24) is 0 Å². The van der Waals surface area contributed by atoms with Crippen LogP contribution in [-0.2, 0) is 19.5 Å². The van der Waals surface area contributed by atoms with Crippen LogP contribution in [0.4, 0.5) is 0 Å². The minimum absolute atomic E-state index is 0. The molecule has 0 rings (SSSR count). The average molecular weight is 153 g/mol. The number of hydrogen-bond acceptors (Lipinski definition) is 1. The molecule has 0 amide bonds. The summed E-state index contributed by atoms with van der Waals surface area (Å²) >= 11 is 0. The second-order valence-electron chi connectivity index (χ2n) is 0.296. The monoisotopic (exact) mass is 154 g/mol. The molecule has 1 radical (unpaired) electrons. The summed E-state index contributed by atoms with van der Waals surface area (Å²) in [4.78, 5) is 0. The number of allylic oxidation sites excluding steroid dienone is 1. The van der Waals surface area contributed by atoms with Crippen molar-refractivity contribution in [3.8, 4) is 6.07 Å². The van der Waals surface area contributed by atoms with Gasteiger partial charge in [-0.3, -0.25) is 6.58 Å². The molecule has 5 heavy (non-hydrogen) atoms. The molecule has 0 aliphatic heterocycles. The van der Waals surface area contributed by atoms with Crippen molar-refractivity contribution in [2.75, 3.05) is 0 Å². The van der Waals surface area contributed by atoms with Crippen LogP contribution in [-0.4, -0.2) is 0 Å². The van der Waals surface area contributed by atoms with Gasteiger partial charge in [-0.1, -0.05) is 0 Å². The fourth-order valence-electron chi connectivity index (χ4n) is 0. The van der Waals surface area contributed by atoms with Gasteiger partial charge < -0.3 is 5.26 Å². The number of rotatable bonds is 0. The fraction of sp³-hybridized carbons (Fsp3) is 0. The third-order valence-corrected chi connectivity index (χ3v) is 0.0745. The topological polar surface area (TPSA) is 23.8 Å². The molecule has 0 bridgehead atoms. The maximum absolute atomic E-state index is 7.44. The van der Waals surface area contributed by atoms with Gasteiger partial charge in [0, 0.05) is 0 Å². The van der Waals surface area contributed by atoms with Crippen molar-refractivity contribution < 1.29 is 19.5 Å². The first kappa shape index (κ1) is 8.85. The Morgan fingerprint density at radius 3 is 2.00 bits per heavy atom. The normalized spacial score (nSPS) is 3.00. The fourth-order valence-corrected chi connectivity index (χ4v) is 0. The third kappa shape index (κ3) is 18.2. The van der Waals surface area contributed by atoms with Crippen LogP contribution in [0.5, 0.6) is 0 Å². The first-order valence-electron chi connectivity index (χ1n) is 0.846. The van der Waals surface area contributed by atoms with Gasteiger partial charge in [0.2, 0.25) is 0 Å².